The van der Waals surface area contributed by atoms with E-state index < -0.39 is 35.2 Å². The number of carbonyl (C=O) groups is 3. The molecule has 0 radical (unpaired) electrons. The van der Waals surface area contributed by atoms with E-state index in [0.29, 0.717) is 13.0 Å². The molecule has 1 aromatic carbocycles. The maximum atomic E-state index is 12.1. The highest BCUT2D eigenvalue weighted by Gasteiger charge is 2.44. The first kappa shape index (κ1) is 22.3. The summed E-state index contributed by atoms with van der Waals surface area (Å²) in [7, 11) is 1.57. The fourth-order valence-electron chi connectivity index (χ4n) is 3.68. The van der Waals surface area contributed by atoms with Crippen molar-refractivity contribution >= 4 is 17.7 Å². The first-order valence-corrected chi connectivity index (χ1v) is 9.50. The van der Waals surface area contributed by atoms with Crippen molar-refractivity contribution in [1.29, 1.82) is 0 Å². The Labute approximate surface area is 168 Å². The Morgan fingerprint density at radius 1 is 1.31 bits per heavy atom. The zero-order chi connectivity index (χ0) is 21.4. The zero-order valence-electron chi connectivity index (χ0n) is 16.6. The van der Waals surface area contributed by atoms with Crippen LogP contribution in [-0.2, 0) is 25.5 Å². The maximum Gasteiger partial charge on any atom is 0.307 e. The Morgan fingerprint density at radius 3 is 2.72 bits per heavy atom. The van der Waals surface area contributed by atoms with Gasteiger partial charge in [0, 0.05) is 29.7 Å². The number of hydrogen-bond donors (Lipinski definition) is 1. The van der Waals surface area contributed by atoms with E-state index in [4.69, 9.17) is 9.47 Å². The van der Waals surface area contributed by atoms with Crippen molar-refractivity contribution in [2.75, 3.05) is 26.8 Å². The molecule has 0 aromatic heterocycles. The summed E-state index contributed by atoms with van der Waals surface area (Å²) >= 11 is 0. The van der Waals surface area contributed by atoms with Crippen LogP contribution in [0.5, 0.6) is 5.75 Å². The highest BCUT2D eigenvalue weighted by atomic mass is 16.6. The molecule has 1 saturated carbocycles. The van der Waals surface area contributed by atoms with Crippen LogP contribution in [0.4, 0.5) is 0 Å². The van der Waals surface area contributed by atoms with Crippen LogP contribution >= 0.6 is 0 Å². The Kier molecular flexibility index (Phi) is 8.11. The van der Waals surface area contributed by atoms with Crippen molar-refractivity contribution in [3.63, 3.8) is 0 Å². The van der Waals surface area contributed by atoms with Gasteiger partial charge < -0.3 is 14.8 Å². The van der Waals surface area contributed by atoms with Crippen LogP contribution in [0.3, 0.4) is 0 Å². The number of nitrogens with zero attached hydrogens (tertiary/aromatic N) is 1. The van der Waals surface area contributed by atoms with E-state index in [1.807, 2.05) is 24.3 Å². The van der Waals surface area contributed by atoms with E-state index in [1.165, 1.54) is 0 Å². The second kappa shape index (κ2) is 10.5. The highest BCUT2D eigenvalue weighted by molar-refractivity contribution is 5.88. The fourth-order valence-corrected chi connectivity index (χ4v) is 3.68. The van der Waals surface area contributed by atoms with Gasteiger partial charge in [0.05, 0.1) is 13.5 Å². The van der Waals surface area contributed by atoms with Gasteiger partial charge in [-0.2, -0.15) is 0 Å². The predicted octanol–water partition coefficient (Wildman–Crippen LogP) is 1.41. The summed E-state index contributed by atoms with van der Waals surface area (Å²) < 4.78 is 10.2. The molecule has 0 spiro atoms. The second-order valence-electron chi connectivity index (χ2n) is 7.21. The standard InChI is InChI=1S/C20H26N2O7/c1-13-9-17(23)15(16(13)11-22(26)27)10-20(25)29-12-19(24)21-8-7-14-5-3-4-6-18(14)28-2/h3-6,13,15-16H,7-12H2,1-2H3,(H,21,24)/t13-,15-,16-/m1/s1. The molecule has 2 rings (SSSR count). The smallest absolute Gasteiger partial charge is 0.307 e. The molecule has 0 aliphatic heterocycles. The molecule has 158 valence electrons. The number of rotatable bonds is 10. The fraction of sp³-hybridized carbons (Fsp3) is 0.550. The number of methoxy groups -OCH3 is 1. The van der Waals surface area contributed by atoms with Crippen LogP contribution < -0.4 is 10.1 Å². The molecule has 9 heteroatoms. The highest BCUT2D eigenvalue weighted by Crippen LogP contribution is 2.36. The van der Waals surface area contributed by atoms with E-state index in [1.54, 1.807) is 14.0 Å². The molecular formula is C20H26N2O7. The minimum Gasteiger partial charge on any atom is -0.496 e. The topological polar surface area (TPSA) is 125 Å². The molecular weight excluding hydrogens is 380 g/mol. The summed E-state index contributed by atoms with van der Waals surface area (Å²) in [5.41, 5.74) is 0.943. The summed E-state index contributed by atoms with van der Waals surface area (Å²) in [6.07, 6.45) is 0.538. The van der Waals surface area contributed by atoms with Gasteiger partial charge in [0.2, 0.25) is 6.54 Å². The number of Topliss-reactive ketones (excluding diaryl/α,β-unsaturated/α-hetero) is 1. The third-order valence-corrected chi connectivity index (χ3v) is 5.20. The number of benzene rings is 1. The molecule has 1 aromatic rings. The van der Waals surface area contributed by atoms with Crippen molar-refractivity contribution in [3.05, 3.63) is 39.9 Å². The minimum absolute atomic E-state index is 0.149. The molecule has 0 heterocycles. The van der Waals surface area contributed by atoms with Gasteiger partial charge in [-0.3, -0.25) is 24.5 Å². The average molecular weight is 406 g/mol. The van der Waals surface area contributed by atoms with Crippen LogP contribution in [-0.4, -0.2) is 49.4 Å². The molecule has 1 fully saturated rings. The van der Waals surface area contributed by atoms with Crippen LogP contribution in [0.25, 0.3) is 0 Å². The SMILES string of the molecule is COc1ccccc1CCNC(=O)COC(=O)C[C@H]1C(=O)C[C@@H](C)[C@H]1C[N+](=O)[O-]. The van der Waals surface area contributed by atoms with Crippen molar-refractivity contribution in [3.8, 4) is 5.75 Å². The number of para-hydroxylation sites is 1. The van der Waals surface area contributed by atoms with Gasteiger partial charge in [-0.15, -0.1) is 0 Å². The lowest BCUT2D eigenvalue weighted by Crippen LogP contribution is -2.32. The normalized spacial score (nSPS) is 20.9. The van der Waals surface area contributed by atoms with Crippen LogP contribution in [0, 0.1) is 27.9 Å². The number of hydrogen-bond acceptors (Lipinski definition) is 7. The van der Waals surface area contributed by atoms with E-state index in [9.17, 15) is 24.5 Å². The maximum absolute atomic E-state index is 12.1. The molecule has 1 N–H and O–H groups in total. The van der Waals surface area contributed by atoms with E-state index in [0.717, 1.165) is 11.3 Å². The Balaban J connectivity index is 1.74. The summed E-state index contributed by atoms with van der Waals surface area (Å²) in [5.74, 6) is -1.96. The third kappa shape index (κ3) is 6.55. The lowest BCUT2D eigenvalue weighted by Gasteiger charge is -2.17. The summed E-state index contributed by atoms with van der Waals surface area (Å²) in [6.45, 7) is 1.31. The van der Waals surface area contributed by atoms with Crippen LogP contribution in [0.1, 0.15) is 25.3 Å². The molecule has 29 heavy (non-hydrogen) atoms. The monoisotopic (exact) mass is 406 g/mol. The van der Waals surface area contributed by atoms with Gasteiger partial charge in [-0.25, -0.2) is 0 Å². The first-order valence-electron chi connectivity index (χ1n) is 9.50. The lowest BCUT2D eigenvalue weighted by molar-refractivity contribution is -0.490. The van der Waals surface area contributed by atoms with Gasteiger partial charge in [0.1, 0.15) is 11.5 Å². The van der Waals surface area contributed by atoms with E-state index in [-0.39, 0.29) is 31.1 Å². The van der Waals surface area contributed by atoms with E-state index >= 15 is 0 Å². The lowest BCUT2D eigenvalue weighted by atomic mass is 9.88. The zero-order valence-corrected chi connectivity index (χ0v) is 16.6. The molecule has 0 saturated heterocycles. The van der Waals surface area contributed by atoms with Gasteiger partial charge in [-0.05, 0) is 24.0 Å². The first-order chi connectivity index (χ1) is 13.8. The number of ether oxygens (including phenoxy) is 2. The molecule has 1 aliphatic carbocycles. The van der Waals surface area contributed by atoms with Gasteiger partial charge in [0.15, 0.2) is 6.61 Å². The average Bonchev–Trinajstić information content (AvgIpc) is 2.93. The molecule has 0 unspecified atom stereocenters. The van der Waals surface area contributed by atoms with Crippen molar-refractivity contribution in [2.24, 2.45) is 17.8 Å². The number of nitro groups is 1. The molecule has 0 bridgehead atoms. The number of nitrogens with one attached hydrogen (secondary N) is 1. The summed E-state index contributed by atoms with van der Waals surface area (Å²) in [4.78, 5) is 46.3. The Bertz CT molecular complexity index is 765. The molecule has 9 nitrogen and oxygen atoms in total. The van der Waals surface area contributed by atoms with Gasteiger partial charge in [-0.1, -0.05) is 25.1 Å². The van der Waals surface area contributed by atoms with Crippen molar-refractivity contribution in [2.45, 2.75) is 26.2 Å². The van der Waals surface area contributed by atoms with Crippen LogP contribution in [0.15, 0.2) is 24.3 Å². The summed E-state index contributed by atoms with van der Waals surface area (Å²) in [5, 5.41) is 13.5. The predicted molar refractivity (Wildman–Crippen MR) is 103 cm³/mol. The minimum atomic E-state index is -0.725. The Morgan fingerprint density at radius 2 is 2.03 bits per heavy atom. The van der Waals surface area contributed by atoms with Gasteiger partial charge >= 0.3 is 5.97 Å². The molecule has 3 atom stereocenters. The molecule has 1 amide bonds. The number of amides is 1. The number of ketones is 1. The Hall–Kier alpha value is -2.97. The largest absolute Gasteiger partial charge is 0.496 e. The number of esters is 1. The summed E-state index contributed by atoms with van der Waals surface area (Å²) in [6, 6.07) is 7.45. The third-order valence-electron chi connectivity index (χ3n) is 5.20. The quantitative estimate of drug-likeness (QED) is 0.354. The van der Waals surface area contributed by atoms with E-state index in [2.05, 4.69) is 5.32 Å². The van der Waals surface area contributed by atoms with Crippen molar-refractivity contribution < 1.29 is 28.8 Å². The number of carbonyl (C=O) groups excluding carboxylic acids is 3. The van der Waals surface area contributed by atoms with Crippen LogP contribution in [0.2, 0.25) is 0 Å². The van der Waals surface area contributed by atoms with Crippen molar-refractivity contribution in [1.82, 2.24) is 5.32 Å². The second-order valence-corrected chi connectivity index (χ2v) is 7.21. The molecule has 1 aliphatic rings. The van der Waals surface area contributed by atoms with Gasteiger partial charge in [0.25, 0.3) is 5.91 Å².